The Balaban J connectivity index is 2.31. The van der Waals surface area contributed by atoms with Gasteiger partial charge in [0.1, 0.15) is 5.75 Å². The van der Waals surface area contributed by atoms with Crippen molar-refractivity contribution in [1.82, 2.24) is 4.90 Å². The molecule has 0 saturated carbocycles. The molecule has 122 valence electrons. The summed E-state index contributed by atoms with van der Waals surface area (Å²) < 4.78 is 0. The third-order valence-electron chi connectivity index (χ3n) is 3.71. The fraction of sp³-hybridized carbons (Fsp3) is 0.333. The lowest BCUT2D eigenvalue weighted by atomic mass is 10.1. The van der Waals surface area contributed by atoms with Crippen LogP contribution in [-0.4, -0.2) is 33.9 Å². The van der Waals surface area contributed by atoms with E-state index in [9.17, 15) is 14.7 Å². The number of nitrogens with zero attached hydrogens (tertiary/aromatic N) is 1. The molecule has 0 atom stereocenters. The van der Waals surface area contributed by atoms with Gasteiger partial charge in [-0.05, 0) is 39.8 Å². The molecular weight excluding hydrogens is 292 g/mol. The first-order chi connectivity index (χ1) is 10.8. The Labute approximate surface area is 135 Å². The zero-order valence-corrected chi connectivity index (χ0v) is 13.9. The normalized spacial score (nSPS) is 11.3. The van der Waals surface area contributed by atoms with E-state index in [1.54, 1.807) is 36.4 Å². The summed E-state index contributed by atoms with van der Waals surface area (Å²) >= 11 is 0. The lowest BCUT2D eigenvalue weighted by Crippen LogP contribution is -2.49. The van der Waals surface area contributed by atoms with Gasteiger partial charge in [0.05, 0.1) is 0 Å². The largest absolute Gasteiger partial charge is 0.507 e. The predicted molar refractivity (Wildman–Crippen MR) is 91.4 cm³/mol. The first-order valence-corrected chi connectivity index (χ1v) is 7.59. The lowest BCUT2D eigenvalue weighted by molar-refractivity contribution is -0.146. The van der Waals surface area contributed by atoms with Crippen molar-refractivity contribution >= 4 is 28.3 Å². The molecule has 0 aliphatic carbocycles. The highest BCUT2D eigenvalue weighted by atomic mass is 16.3. The Kier molecular flexibility index (Phi) is 4.59. The number of nitrogens with one attached hydrogen (secondary N) is 1. The van der Waals surface area contributed by atoms with Crippen LogP contribution in [-0.2, 0) is 9.59 Å². The van der Waals surface area contributed by atoms with Gasteiger partial charge in [0.2, 0.25) is 0 Å². The molecule has 0 radical (unpaired) electrons. The van der Waals surface area contributed by atoms with Crippen molar-refractivity contribution in [2.45, 2.75) is 33.2 Å². The molecule has 0 aliphatic rings. The van der Waals surface area contributed by atoms with Gasteiger partial charge in [0, 0.05) is 28.5 Å². The van der Waals surface area contributed by atoms with E-state index in [4.69, 9.17) is 0 Å². The fourth-order valence-electron chi connectivity index (χ4n) is 2.62. The van der Waals surface area contributed by atoms with Crippen molar-refractivity contribution in [3.8, 4) is 5.75 Å². The standard InChI is InChI=1S/C18H22N2O3/c1-5-20(18(2,3)4)17(23)16(22)19-14-10-6-9-13-12(14)8-7-11-15(13)21/h6-11,21H,5H2,1-4H3,(H,19,22). The lowest BCUT2D eigenvalue weighted by Gasteiger charge is -2.34. The SMILES string of the molecule is CCN(C(=O)C(=O)Nc1cccc2c(O)cccc12)C(C)(C)C. The minimum Gasteiger partial charge on any atom is -0.507 e. The minimum atomic E-state index is -0.683. The summed E-state index contributed by atoms with van der Waals surface area (Å²) in [6.45, 7) is 7.95. The average molecular weight is 314 g/mol. The molecule has 2 amide bonds. The predicted octanol–water partition coefficient (Wildman–Crippen LogP) is 3.13. The van der Waals surface area contributed by atoms with E-state index >= 15 is 0 Å². The van der Waals surface area contributed by atoms with Gasteiger partial charge in [0.15, 0.2) is 0 Å². The molecule has 0 unspecified atom stereocenters. The molecule has 2 aromatic rings. The number of phenols is 1. The van der Waals surface area contributed by atoms with E-state index in [2.05, 4.69) is 5.32 Å². The van der Waals surface area contributed by atoms with Crippen LogP contribution in [0, 0.1) is 0 Å². The van der Waals surface area contributed by atoms with Gasteiger partial charge in [0.25, 0.3) is 0 Å². The number of benzene rings is 2. The highest BCUT2D eigenvalue weighted by Gasteiger charge is 2.29. The zero-order chi connectivity index (χ0) is 17.2. The molecule has 0 saturated heterocycles. The number of amides is 2. The number of fused-ring (bicyclic) bond motifs is 1. The second-order valence-corrected chi connectivity index (χ2v) is 6.35. The van der Waals surface area contributed by atoms with E-state index < -0.39 is 17.4 Å². The summed E-state index contributed by atoms with van der Waals surface area (Å²) in [4.78, 5) is 26.2. The molecule has 5 nitrogen and oxygen atoms in total. The van der Waals surface area contributed by atoms with Crippen molar-refractivity contribution in [3.63, 3.8) is 0 Å². The Morgan fingerprint density at radius 3 is 2.30 bits per heavy atom. The number of hydrogen-bond donors (Lipinski definition) is 2. The molecule has 5 heteroatoms. The van der Waals surface area contributed by atoms with Gasteiger partial charge in [-0.15, -0.1) is 0 Å². The van der Waals surface area contributed by atoms with Crippen LogP contribution in [0.4, 0.5) is 5.69 Å². The van der Waals surface area contributed by atoms with Crippen LogP contribution in [0.5, 0.6) is 5.75 Å². The van der Waals surface area contributed by atoms with Crippen LogP contribution in [0.3, 0.4) is 0 Å². The van der Waals surface area contributed by atoms with Gasteiger partial charge in [-0.1, -0.05) is 24.3 Å². The molecule has 0 bridgehead atoms. The third-order valence-corrected chi connectivity index (χ3v) is 3.71. The fourth-order valence-corrected chi connectivity index (χ4v) is 2.62. The molecule has 0 heterocycles. The maximum Gasteiger partial charge on any atom is 0.313 e. The quantitative estimate of drug-likeness (QED) is 0.837. The molecule has 0 aromatic heterocycles. The maximum atomic E-state index is 12.4. The Morgan fingerprint density at radius 2 is 1.70 bits per heavy atom. The van der Waals surface area contributed by atoms with Gasteiger partial charge < -0.3 is 15.3 Å². The number of likely N-dealkylation sites (N-methyl/N-ethyl adjacent to an activating group) is 1. The Bertz CT molecular complexity index is 748. The molecule has 2 N–H and O–H groups in total. The maximum absolute atomic E-state index is 12.4. The van der Waals surface area contributed by atoms with Crippen LogP contribution in [0.15, 0.2) is 36.4 Å². The second kappa shape index (κ2) is 6.28. The number of rotatable bonds is 2. The summed E-state index contributed by atoms with van der Waals surface area (Å²) in [6.07, 6.45) is 0. The van der Waals surface area contributed by atoms with Crippen molar-refractivity contribution in [2.75, 3.05) is 11.9 Å². The van der Waals surface area contributed by atoms with Gasteiger partial charge in [-0.25, -0.2) is 0 Å². The van der Waals surface area contributed by atoms with Crippen molar-refractivity contribution < 1.29 is 14.7 Å². The van der Waals surface area contributed by atoms with Crippen LogP contribution in [0.2, 0.25) is 0 Å². The van der Waals surface area contributed by atoms with E-state index in [1.165, 1.54) is 4.90 Å². The van der Waals surface area contributed by atoms with Crippen molar-refractivity contribution in [1.29, 1.82) is 0 Å². The monoisotopic (exact) mass is 314 g/mol. The molecule has 0 aliphatic heterocycles. The average Bonchev–Trinajstić information content (AvgIpc) is 2.47. The van der Waals surface area contributed by atoms with Crippen LogP contribution in [0.1, 0.15) is 27.7 Å². The van der Waals surface area contributed by atoms with E-state index in [0.29, 0.717) is 23.0 Å². The summed E-state index contributed by atoms with van der Waals surface area (Å²) in [5.74, 6) is -1.12. The van der Waals surface area contributed by atoms with E-state index in [-0.39, 0.29) is 5.75 Å². The summed E-state index contributed by atoms with van der Waals surface area (Å²) in [7, 11) is 0. The summed E-state index contributed by atoms with van der Waals surface area (Å²) in [5, 5.41) is 13.9. The van der Waals surface area contributed by atoms with E-state index in [0.717, 1.165) is 0 Å². The summed E-state index contributed by atoms with van der Waals surface area (Å²) in [5.41, 5.74) is 0.0712. The smallest absolute Gasteiger partial charge is 0.313 e. The number of carbonyl (C=O) groups excluding carboxylic acids is 2. The molecule has 0 fully saturated rings. The van der Waals surface area contributed by atoms with Gasteiger partial charge >= 0.3 is 11.8 Å². The first-order valence-electron chi connectivity index (χ1n) is 7.59. The van der Waals surface area contributed by atoms with Gasteiger partial charge in [-0.2, -0.15) is 0 Å². The molecule has 0 spiro atoms. The third kappa shape index (κ3) is 3.44. The number of anilines is 1. The zero-order valence-electron chi connectivity index (χ0n) is 13.9. The van der Waals surface area contributed by atoms with Gasteiger partial charge in [-0.3, -0.25) is 9.59 Å². The van der Waals surface area contributed by atoms with Crippen molar-refractivity contribution in [3.05, 3.63) is 36.4 Å². The summed E-state index contributed by atoms with van der Waals surface area (Å²) in [6, 6.07) is 10.3. The minimum absolute atomic E-state index is 0.134. The Hall–Kier alpha value is -2.56. The number of hydrogen-bond acceptors (Lipinski definition) is 3. The Morgan fingerprint density at radius 1 is 1.09 bits per heavy atom. The first kappa shape index (κ1) is 16.8. The molecule has 2 rings (SSSR count). The highest BCUT2D eigenvalue weighted by Crippen LogP contribution is 2.29. The highest BCUT2D eigenvalue weighted by molar-refractivity contribution is 6.40. The van der Waals surface area contributed by atoms with Crippen LogP contribution < -0.4 is 5.32 Å². The number of phenolic OH excluding ortho intramolecular Hbond substituents is 1. The number of aromatic hydroxyl groups is 1. The molecule has 2 aromatic carbocycles. The second-order valence-electron chi connectivity index (χ2n) is 6.35. The molecule has 23 heavy (non-hydrogen) atoms. The van der Waals surface area contributed by atoms with Crippen LogP contribution >= 0.6 is 0 Å². The number of carbonyl (C=O) groups is 2. The van der Waals surface area contributed by atoms with Crippen LogP contribution in [0.25, 0.3) is 10.8 Å². The van der Waals surface area contributed by atoms with Crippen molar-refractivity contribution in [2.24, 2.45) is 0 Å². The molecular formula is C18H22N2O3. The van der Waals surface area contributed by atoms with E-state index in [1.807, 2.05) is 27.7 Å². The topological polar surface area (TPSA) is 69.6 Å².